The van der Waals surface area contributed by atoms with Crippen molar-refractivity contribution in [2.24, 2.45) is 16.7 Å². The van der Waals surface area contributed by atoms with Crippen molar-refractivity contribution < 1.29 is 28.6 Å². The maximum Gasteiger partial charge on any atom is 0.330 e. The van der Waals surface area contributed by atoms with E-state index >= 15 is 0 Å². The fraction of sp³-hybridized carbons (Fsp3) is 0.609. The first kappa shape index (κ1) is 22.8. The third kappa shape index (κ3) is 3.25. The Morgan fingerprint density at radius 2 is 2.03 bits per heavy atom. The van der Waals surface area contributed by atoms with Gasteiger partial charge >= 0.3 is 5.97 Å². The Morgan fingerprint density at radius 3 is 2.57 bits per heavy atom. The van der Waals surface area contributed by atoms with Crippen LogP contribution >= 0.6 is 0 Å². The number of fused-ring (bicyclic) bond motifs is 2. The standard InChI is InChI=1S/C23H32O6Si/c1-8-10-23-14-27-16(12-29-30(6,7)21(3,4)5)19(23)22(11-9-17(24)28-13-22)15(2)18(25)20(23)26/h9-11,16,19,25H,1,12-14H2,2-7H3/t16-,19+,22+,23+/m0/s1. The summed E-state index contributed by atoms with van der Waals surface area (Å²) in [4.78, 5) is 25.0. The number of aliphatic hydroxyl groups is 1. The van der Waals surface area contributed by atoms with Crippen molar-refractivity contribution in [1.29, 1.82) is 0 Å². The van der Waals surface area contributed by atoms with E-state index in [0.717, 1.165) is 0 Å². The predicted octanol–water partition coefficient (Wildman–Crippen LogP) is 3.86. The zero-order valence-electron chi connectivity index (χ0n) is 18.7. The van der Waals surface area contributed by atoms with Gasteiger partial charge in [0.25, 0.3) is 0 Å². The fourth-order valence-electron chi connectivity index (χ4n) is 4.57. The minimum absolute atomic E-state index is 0.0259. The molecule has 0 aromatic heterocycles. The molecule has 3 rings (SSSR count). The highest BCUT2D eigenvalue weighted by atomic mass is 28.4. The van der Waals surface area contributed by atoms with Crippen molar-refractivity contribution in [2.75, 3.05) is 19.8 Å². The highest BCUT2D eigenvalue weighted by molar-refractivity contribution is 6.74. The van der Waals surface area contributed by atoms with Crippen LogP contribution in [-0.4, -0.2) is 51.1 Å². The van der Waals surface area contributed by atoms with Crippen molar-refractivity contribution >= 4 is 20.1 Å². The van der Waals surface area contributed by atoms with E-state index in [-0.39, 0.29) is 24.0 Å². The topological polar surface area (TPSA) is 82.1 Å². The first-order valence-corrected chi connectivity index (χ1v) is 13.2. The molecule has 0 radical (unpaired) electrons. The van der Waals surface area contributed by atoms with E-state index in [1.807, 2.05) is 0 Å². The lowest BCUT2D eigenvalue weighted by atomic mass is 9.53. The average Bonchev–Trinajstić information content (AvgIpc) is 3.04. The molecule has 2 aliphatic heterocycles. The minimum atomic E-state index is -2.06. The van der Waals surface area contributed by atoms with Crippen LogP contribution in [0.4, 0.5) is 0 Å². The quantitative estimate of drug-likeness (QED) is 0.413. The van der Waals surface area contributed by atoms with E-state index in [1.165, 1.54) is 6.08 Å². The molecule has 164 valence electrons. The van der Waals surface area contributed by atoms with Crippen LogP contribution in [-0.2, 0) is 23.5 Å². The van der Waals surface area contributed by atoms with Crippen LogP contribution in [0.3, 0.4) is 0 Å². The third-order valence-electron chi connectivity index (χ3n) is 7.45. The Kier molecular flexibility index (Phi) is 5.57. The Labute approximate surface area is 179 Å². The average molecular weight is 433 g/mol. The van der Waals surface area contributed by atoms with E-state index in [1.54, 1.807) is 19.1 Å². The van der Waals surface area contributed by atoms with Crippen LogP contribution in [0.15, 0.2) is 41.9 Å². The smallest absolute Gasteiger partial charge is 0.330 e. The van der Waals surface area contributed by atoms with Gasteiger partial charge in [0.15, 0.2) is 14.1 Å². The lowest BCUT2D eigenvalue weighted by molar-refractivity contribution is -0.145. The van der Waals surface area contributed by atoms with Crippen molar-refractivity contribution in [3.05, 3.63) is 41.9 Å². The highest BCUT2D eigenvalue weighted by Gasteiger charge is 2.66. The maximum absolute atomic E-state index is 13.3. The summed E-state index contributed by atoms with van der Waals surface area (Å²) in [7, 11) is -2.06. The summed E-state index contributed by atoms with van der Waals surface area (Å²) in [6.07, 6.45) is 4.29. The molecule has 7 heteroatoms. The van der Waals surface area contributed by atoms with Gasteiger partial charge in [-0.3, -0.25) is 4.79 Å². The number of ketones is 1. The monoisotopic (exact) mass is 432 g/mol. The number of carbonyl (C=O) groups excluding carboxylic acids is 2. The van der Waals surface area contributed by atoms with Crippen LogP contribution in [0.5, 0.6) is 0 Å². The number of Topliss-reactive ketones (excluding diaryl/α,β-unsaturated/α-hetero) is 1. The van der Waals surface area contributed by atoms with Crippen LogP contribution in [0.25, 0.3) is 0 Å². The summed E-state index contributed by atoms with van der Waals surface area (Å²) in [6.45, 7) is 16.6. The van der Waals surface area contributed by atoms with E-state index in [4.69, 9.17) is 13.9 Å². The summed E-state index contributed by atoms with van der Waals surface area (Å²) in [5, 5.41) is 10.8. The number of carbonyl (C=O) groups is 2. The Hall–Kier alpha value is -1.92. The predicted molar refractivity (Wildman–Crippen MR) is 115 cm³/mol. The molecule has 1 aliphatic carbocycles. The van der Waals surface area contributed by atoms with Gasteiger partial charge in [0.1, 0.15) is 6.61 Å². The van der Waals surface area contributed by atoms with Gasteiger partial charge in [0.05, 0.1) is 30.1 Å². The highest BCUT2D eigenvalue weighted by Crippen LogP contribution is 2.59. The van der Waals surface area contributed by atoms with E-state index < -0.39 is 42.9 Å². The summed E-state index contributed by atoms with van der Waals surface area (Å²) in [5.41, 5.74) is 1.22. The minimum Gasteiger partial charge on any atom is -0.504 e. The van der Waals surface area contributed by atoms with E-state index in [9.17, 15) is 14.7 Å². The molecule has 2 heterocycles. The number of hydrogen-bond donors (Lipinski definition) is 1. The number of cyclic esters (lactones) is 1. The molecule has 0 saturated carbocycles. The van der Waals surface area contributed by atoms with Gasteiger partial charge in [0.2, 0.25) is 5.78 Å². The first-order valence-electron chi connectivity index (χ1n) is 10.3. The van der Waals surface area contributed by atoms with E-state index in [0.29, 0.717) is 12.2 Å². The van der Waals surface area contributed by atoms with Crippen LogP contribution in [0.1, 0.15) is 27.7 Å². The molecule has 1 saturated heterocycles. The molecular weight excluding hydrogens is 400 g/mol. The Bertz CT molecular complexity index is 873. The molecular formula is C23H32O6Si. The first-order chi connectivity index (χ1) is 13.8. The lowest BCUT2D eigenvalue weighted by Gasteiger charge is -2.49. The number of hydrogen-bond acceptors (Lipinski definition) is 6. The molecule has 6 nitrogen and oxygen atoms in total. The van der Waals surface area contributed by atoms with Crippen LogP contribution in [0, 0.1) is 16.7 Å². The molecule has 0 amide bonds. The molecule has 0 bridgehead atoms. The number of ether oxygens (including phenoxy) is 2. The molecule has 1 N–H and O–H groups in total. The van der Waals surface area contributed by atoms with Gasteiger partial charge in [-0.15, -0.1) is 5.73 Å². The number of esters is 1. The van der Waals surface area contributed by atoms with Gasteiger partial charge in [-0.05, 0) is 36.7 Å². The van der Waals surface area contributed by atoms with Crippen LogP contribution in [0.2, 0.25) is 18.1 Å². The largest absolute Gasteiger partial charge is 0.504 e. The molecule has 3 aliphatic rings. The molecule has 0 aromatic carbocycles. The van der Waals surface area contributed by atoms with Gasteiger partial charge in [-0.2, -0.15) is 0 Å². The number of aliphatic hydroxyl groups excluding tert-OH is 1. The molecule has 0 aromatic rings. The van der Waals surface area contributed by atoms with Gasteiger partial charge < -0.3 is 19.0 Å². The molecule has 1 fully saturated rings. The number of allylic oxidation sites excluding steroid dienone is 1. The summed E-state index contributed by atoms with van der Waals surface area (Å²) in [5.74, 6) is -1.58. The third-order valence-corrected chi connectivity index (χ3v) is 12.0. The van der Waals surface area contributed by atoms with Gasteiger partial charge in [-0.25, -0.2) is 4.79 Å². The van der Waals surface area contributed by atoms with Crippen molar-refractivity contribution in [1.82, 2.24) is 0 Å². The maximum atomic E-state index is 13.3. The molecule has 30 heavy (non-hydrogen) atoms. The van der Waals surface area contributed by atoms with E-state index in [2.05, 4.69) is 46.2 Å². The fourth-order valence-corrected chi connectivity index (χ4v) is 5.58. The second-order valence-corrected chi connectivity index (χ2v) is 14.9. The summed E-state index contributed by atoms with van der Waals surface area (Å²) < 4.78 is 18.0. The molecule has 4 atom stereocenters. The summed E-state index contributed by atoms with van der Waals surface area (Å²) in [6, 6.07) is 0. The SMILES string of the molecule is C=C=C[C@@]12CO[C@@H](CO[Si](C)(C)C(C)(C)C)[C@@H]1[C@@]1(C=CC(=O)OC1)C(C)=C(O)C2=O. The van der Waals surface area contributed by atoms with Crippen molar-refractivity contribution in [3.63, 3.8) is 0 Å². The normalized spacial score (nSPS) is 34.1. The molecule has 1 spiro atoms. The molecule has 0 unspecified atom stereocenters. The second kappa shape index (κ2) is 7.34. The Balaban J connectivity index is 2.10. The zero-order chi connectivity index (χ0) is 22.5. The van der Waals surface area contributed by atoms with Gasteiger partial charge in [0, 0.05) is 12.0 Å². The summed E-state index contributed by atoms with van der Waals surface area (Å²) >= 11 is 0. The zero-order valence-corrected chi connectivity index (χ0v) is 19.7. The Morgan fingerprint density at radius 1 is 1.37 bits per heavy atom. The lowest BCUT2D eigenvalue weighted by Crippen LogP contribution is -2.56. The van der Waals surface area contributed by atoms with Crippen molar-refractivity contribution in [2.45, 2.75) is 51.9 Å². The van der Waals surface area contributed by atoms with Crippen LogP contribution < -0.4 is 0 Å². The van der Waals surface area contributed by atoms with Gasteiger partial charge in [-0.1, -0.05) is 33.4 Å². The number of rotatable bonds is 4. The van der Waals surface area contributed by atoms with Crippen molar-refractivity contribution in [3.8, 4) is 0 Å². The second-order valence-electron chi connectivity index (χ2n) is 10.1.